The molecule has 0 aliphatic carbocycles. The van der Waals surface area contributed by atoms with Gasteiger partial charge in [0.1, 0.15) is 0 Å². The molecule has 0 unspecified atom stereocenters. The molecule has 0 bridgehead atoms. The molecule has 2 nitrogen and oxygen atoms in total. The third-order valence-electron chi connectivity index (χ3n) is 2.23. The van der Waals surface area contributed by atoms with E-state index in [0.717, 1.165) is 0 Å². The number of benzene rings is 1. The molecule has 0 amide bonds. The van der Waals surface area contributed by atoms with Crippen LogP contribution in [0.2, 0.25) is 0 Å². The fraction of sp³-hybridized carbons (Fsp3) is 0.364. The number of hydrogen-bond donors (Lipinski definition) is 1. The maximum atomic E-state index is 12.1. The van der Waals surface area contributed by atoms with Crippen LogP contribution in [0.15, 0.2) is 24.3 Å². The predicted octanol–water partition coefficient (Wildman–Crippen LogP) is 2.98. The van der Waals surface area contributed by atoms with Crippen molar-refractivity contribution in [3.8, 4) is 0 Å². The Bertz CT molecular complexity index is 385. The Balaban J connectivity index is 2.91. The first-order chi connectivity index (χ1) is 7.29. The summed E-state index contributed by atoms with van der Waals surface area (Å²) in [6.07, 6.45) is -5.31. The van der Waals surface area contributed by atoms with Gasteiger partial charge < -0.3 is 5.11 Å². The molecule has 0 heterocycles. The average Bonchev–Trinajstić information content (AvgIpc) is 2.14. The molecule has 0 aromatic heterocycles. The van der Waals surface area contributed by atoms with Crippen molar-refractivity contribution in [2.45, 2.75) is 25.4 Å². The number of hydrogen-bond acceptors (Lipinski definition) is 1. The highest BCUT2D eigenvalue weighted by Crippen LogP contribution is 2.23. The number of carboxylic acids is 1. The van der Waals surface area contributed by atoms with E-state index in [2.05, 4.69) is 0 Å². The fourth-order valence-corrected chi connectivity index (χ4v) is 1.35. The van der Waals surface area contributed by atoms with Crippen molar-refractivity contribution in [1.29, 1.82) is 0 Å². The molecule has 1 rings (SSSR count). The van der Waals surface area contributed by atoms with Crippen molar-refractivity contribution < 1.29 is 23.1 Å². The van der Waals surface area contributed by atoms with E-state index < -0.39 is 24.5 Å². The van der Waals surface area contributed by atoms with Gasteiger partial charge in [0.15, 0.2) is 0 Å². The highest BCUT2D eigenvalue weighted by Gasteiger charge is 2.27. The van der Waals surface area contributed by atoms with Crippen LogP contribution in [0.5, 0.6) is 0 Å². The summed E-state index contributed by atoms with van der Waals surface area (Å²) in [7, 11) is 0. The van der Waals surface area contributed by atoms with Gasteiger partial charge in [-0.2, -0.15) is 13.2 Å². The van der Waals surface area contributed by atoms with Gasteiger partial charge in [-0.3, -0.25) is 4.79 Å². The quantitative estimate of drug-likeness (QED) is 0.869. The van der Waals surface area contributed by atoms with E-state index in [-0.39, 0.29) is 5.56 Å². The molecule has 0 fully saturated rings. The first-order valence-electron chi connectivity index (χ1n) is 4.68. The number of carbonyl (C=O) groups is 1. The Labute approximate surface area is 90.7 Å². The lowest BCUT2D eigenvalue weighted by Gasteiger charge is -2.10. The van der Waals surface area contributed by atoms with E-state index in [9.17, 15) is 18.0 Å². The summed E-state index contributed by atoms with van der Waals surface area (Å²) in [6, 6.07) is 5.58. The number of aliphatic carboxylic acids is 1. The lowest BCUT2D eigenvalue weighted by molar-refractivity contribution is -0.138. The van der Waals surface area contributed by atoms with Crippen LogP contribution in [-0.4, -0.2) is 17.3 Å². The Morgan fingerprint density at radius 2 is 2.06 bits per heavy atom. The summed E-state index contributed by atoms with van der Waals surface area (Å²) < 4.78 is 36.3. The van der Waals surface area contributed by atoms with Crippen LogP contribution >= 0.6 is 0 Å². The minimum absolute atomic E-state index is 0.0816. The van der Waals surface area contributed by atoms with Gasteiger partial charge in [-0.15, -0.1) is 0 Å². The standard InChI is InChI=1S/C11H11F3O2/c1-7(10(15)16)9-4-2-3-8(5-9)6-11(12,13)14/h2-5,7H,6H2,1H3,(H,15,16)/t7-/m1/s1. The first kappa shape index (κ1) is 12.5. The minimum atomic E-state index is -4.27. The predicted molar refractivity (Wildman–Crippen MR) is 52.3 cm³/mol. The molecule has 5 heteroatoms. The number of halogens is 3. The largest absolute Gasteiger partial charge is 0.481 e. The summed E-state index contributed by atoms with van der Waals surface area (Å²) in [5.41, 5.74) is 0.465. The second kappa shape index (κ2) is 4.55. The molecule has 0 saturated heterocycles. The van der Waals surface area contributed by atoms with Crippen molar-refractivity contribution >= 4 is 5.97 Å². The van der Waals surface area contributed by atoms with E-state index in [1.807, 2.05) is 0 Å². The molecular formula is C11H11F3O2. The average molecular weight is 232 g/mol. The molecule has 1 aromatic carbocycles. The van der Waals surface area contributed by atoms with E-state index in [0.29, 0.717) is 5.56 Å². The molecule has 1 N–H and O–H groups in total. The van der Waals surface area contributed by atoms with Crippen LogP contribution in [0.4, 0.5) is 13.2 Å². The van der Waals surface area contributed by atoms with Gasteiger partial charge in [0, 0.05) is 0 Å². The van der Waals surface area contributed by atoms with Crippen molar-refractivity contribution in [2.24, 2.45) is 0 Å². The molecular weight excluding hydrogens is 221 g/mol. The van der Waals surface area contributed by atoms with Crippen molar-refractivity contribution in [1.82, 2.24) is 0 Å². The van der Waals surface area contributed by atoms with Crippen LogP contribution in [0, 0.1) is 0 Å². The molecule has 1 atom stereocenters. The van der Waals surface area contributed by atoms with Gasteiger partial charge >= 0.3 is 12.1 Å². The molecule has 0 spiro atoms. The van der Waals surface area contributed by atoms with Crippen molar-refractivity contribution in [3.63, 3.8) is 0 Å². The molecule has 1 aromatic rings. The third kappa shape index (κ3) is 3.56. The summed E-state index contributed by atoms with van der Waals surface area (Å²) in [4.78, 5) is 10.7. The summed E-state index contributed by atoms with van der Waals surface area (Å²) >= 11 is 0. The van der Waals surface area contributed by atoms with Gasteiger partial charge in [0.25, 0.3) is 0 Å². The first-order valence-corrected chi connectivity index (χ1v) is 4.68. The Kier molecular flexibility index (Phi) is 3.57. The molecule has 0 aliphatic heterocycles. The van der Waals surface area contributed by atoms with E-state index >= 15 is 0 Å². The molecule has 88 valence electrons. The van der Waals surface area contributed by atoms with Crippen LogP contribution in [-0.2, 0) is 11.2 Å². The van der Waals surface area contributed by atoms with Crippen molar-refractivity contribution in [2.75, 3.05) is 0 Å². The summed E-state index contributed by atoms with van der Waals surface area (Å²) in [6.45, 7) is 1.44. The number of carboxylic acid groups (broad SMARTS) is 1. The van der Waals surface area contributed by atoms with Crippen molar-refractivity contribution in [3.05, 3.63) is 35.4 Å². The van der Waals surface area contributed by atoms with Gasteiger partial charge in [0.05, 0.1) is 12.3 Å². The molecule has 0 radical (unpaired) electrons. The lowest BCUT2D eigenvalue weighted by atomic mass is 9.98. The van der Waals surface area contributed by atoms with Gasteiger partial charge in [-0.05, 0) is 18.1 Å². The highest BCUT2D eigenvalue weighted by molar-refractivity contribution is 5.75. The molecule has 16 heavy (non-hydrogen) atoms. The maximum Gasteiger partial charge on any atom is 0.393 e. The smallest absolute Gasteiger partial charge is 0.393 e. The van der Waals surface area contributed by atoms with E-state index in [1.165, 1.54) is 31.2 Å². The van der Waals surface area contributed by atoms with Gasteiger partial charge in [0.2, 0.25) is 0 Å². The number of alkyl halides is 3. The zero-order valence-electron chi connectivity index (χ0n) is 8.58. The van der Waals surface area contributed by atoms with E-state index in [4.69, 9.17) is 5.11 Å². The van der Waals surface area contributed by atoms with Crippen LogP contribution < -0.4 is 0 Å². The third-order valence-corrected chi connectivity index (χ3v) is 2.23. The zero-order valence-corrected chi connectivity index (χ0v) is 8.58. The normalized spacial score (nSPS) is 13.5. The Hall–Kier alpha value is -1.52. The Morgan fingerprint density at radius 3 is 2.56 bits per heavy atom. The van der Waals surface area contributed by atoms with Crippen LogP contribution in [0.1, 0.15) is 24.0 Å². The monoisotopic (exact) mass is 232 g/mol. The highest BCUT2D eigenvalue weighted by atomic mass is 19.4. The van der Waals surface area contributed by atoms with Gasteiger partial charge in [-0.1, -0.05) is 24.3 Å². The topological polar surface area (TPSA) is 37.3 Å². The van der Waals surface area contributed by atoms with Gasteiger partial charge in [-0.25, -0.2) is 0 Å². The molecule has 0 aliphatic rings. The lowest BCUT2D eigenvalue weighted by Crippen LogP contribution is -2.12. The second-order valence-corrected chi connectivity index (χ2v) is 3.60. The van der Waals surface area contributed by atoms with E-state index in [1.54, 1.807) is 0 Å². The summed E-state index contributed by atoms with van der Waals surface area (Å²) in [5, 5.41) is 8.74. The minimum Gasteiger partial charge on any atom is -0.481 e. The summed E-state index contributed by atoms with van der Waals surface area (Å²) in [5.74, 6) is -1.85. The SMILES string of the molecule is C[C@@H](C(=O)O)c1cccc(CC(F)(F)F)c1. The fourth-order valence-electron chi connectivity index (χ4n) is 1.35. The zero-order chi connectivity index (χ0) is 12.3. The second-order valence-electron chi connectivity index (χ2n) is 3.60. The maximum absolute atomic E-state index is 12.1. The van der Waals surface area contributed by atoms with Crippen LogP contribution in [0.3, 0.4) is 0 Å². The molecule has 0 saturated carbocycles. The number of rotatable bonds is 3. The van der Waals surface area contributed by atoms with Crippen LogP contribution in [0.25, 0.3) is 0 Å². The Morgan fingerprint density at radius 1 is 1.44 bits per heavy atom.